The van der Waals surface area contributed by atoms with Crippen molar-refractivity contribution in [2.75, 3.05) is 13.1 Å². The van der Waals surface area contributed by atoms with Gasteiger partial charge in [-0.1, -0.05) is 12.2 Å². The lowest BCUT2D eigenvalue weighted by molar-refractivity contribution is -0.124. The van der Waals surface area contributed by atoms with E-state index in [0.717, 1.165) is 19.4 Å². The highest BCUT2D eigenvalue weighted by molar-refractivity contribution is 5.81. The van der Waals surface area contributed by atoms with Gasteiger partial charge in [-0.2, -0.15) is 0 Å². The van der Waals surface area contributed by atoms with Crippen LogP contribution in [0.1, 0.15) is 25.7 Å². The molecule has 0 radical (unpaired) electrons. The van der Waals surface area contributed by atoms with Crippen LogP contribution in [0.4, 0.5) is 0 Å². The predicted molar refractivity (Wildman–Crippen MR) is 66.4 cm³/mol. The SMILES string of the molecule is NC1C=CC(C(=O)NC2CCN3CCCC23)C1. The first-order chi connectivity index (χ1) is 8.24. The Bertz CT molecular complexity index is 342. The standard InChI is InChI=1S/C13H21N3O/c14-10-4-3-9(8-10)13(17)15-11-5-7-16-6-1-2-12(11)16/h3-4,9-12H,1-2,5-8,14H2,(H,15,17). The minimum absolute atomic E-state index is 0.000420. The molecule has 4 heteroatoms. The summed E-state index contributed by atoms with van der Waals surface area (Å²) in [7, 11) is 0. The van der Waals surface area contributed by atoms with E-state index < -0.39 is 0 Å². The number of rotatable bonds is 2. The third-order valence-corrected chi connectivity index (χ3v) is 4.39. The zero-order valence-electron chi connectivity index (χ0n) is 10.1. The Balaban J connectivity index is 1.56. The number of nitrogens with zero attached hydrogens (tertiary/aromatic N) is 1. The molecular weight excluding hydrogens is 214 g/mol. The van der Waals surface area contributed by atoms with E-state index in [4.69, 9.17) is 5.73 Å². The van der Waals surface area contributed by atoms with Crippen LogP contribution < -0.4 is 11.1 Å². The van der Waals surface area contributed by atoms with Gasteiger partial charge in [-0.15, -0.1) is 0 Å². The van der Waals surface area contributed by atoms with Crippen molar-refractivity contribution in [2.45, 2.75) is 43.8 Å². The first kappa shape index (κ1) is 11.2. The van der Waals surface area contributed by atoms with Crippen LogP contribution in [0.5, 0.6) is 0 Å². The lowest BCUT2D eigenvalue weighted by Gasteiger charge is -2.22. The molecule has 3 rings (SSSR count). The van der Waals surface area contributed by atoms with Gasteiger partial charge in [0.1, 0.15) is 0 Å². The van der Waals surface area contributed by atoms with E-state index in [1.807, 2.05) is 12.2 Å². The highest BCUT2D eigenvalue weighted by Crippen LogP contribution is 2.28. The molecule has 0 aromatic carbocycles. The highest BCUT2D eigenvalue weighted by Gasteiger charge is 2.38. The summed E-state index contributed by atoms with van der Waals surface area (Å²) in [6.07, 6.45) is 8.31. The van der Waals surface area contributed by atoms with Crippen LogP contribution in [0.15, 0.2) is 12.2 Å². The smallest absolute Gasteiger partial charge is 0.227 e. The molecular formula is C13H21N3O. The average Bonchev–Trinajstić information content (AvgIpc) is 2.96. The predicted octanol–water partition coefficient (Wildman–Crippen LogP) is 0.243. The van der Waals surface area contributed by atoms with Crippen LogP contribution in [-0.4, -0.2) is 42.0 Å². The van der Waals surface area contributed by atoms with E-state index in [2.05, 4.69) is 10.2 Å². The molecule has 0 bridgehead atoms. The fourth-order valence-corrected chi connectivity index (χ4v) is 3.46. The second-order valence-corrected chi connectivity index (χ2v) is 5.54. The molecule has 3 N–H and O–H groups in total. The maximum atomic E-state index is 12.1. The van der Waals surface area contributed by atoms with Crippen LogP contribution in [0.3, 0.4) is 0 Å². The number of hydrogen-bond acceptors (Lipinski definition) is 3. The summed E-state index contributed by atoms with van der Waals surface area (Å²) < 4.78 is 0. The molecule has 17 heavy (non-hydrogen) atoms. The summed E-state index contributed by atoms with van der Waals surface area (Å²) in [5.74, 6) is 0.174. The van der Waals surface area contributed by atoms with Crippen LogP contribution >= 0.6 is 0 Å². The van der Waals surface area contributed by atoms with Crippen molar-refractivity contribution >= 4 is 5.91 Å². The van der Waals surface area contributed by atoms with Crippen molar-refractivity contribution in [3.05, 3.63) is 12.2 Å². The van der Waals surface area contributed by atoms with Gasteiger partial charge in [-0.05, 0) is 32.2 Å². The fraction of sp³-hybridized carbons (Fsp3) is 0.769. The van der Waals surface area contributed by atoms with Gasteiger partial charge in [0.25, 0.3) is 0 Å². The molecule has 1 amide bonds. The molecule has 0 aromatic rings. The number of amides is 1. The highest BCUT2D eigenvalue weighted by atomic mass is 16.2. The minimum Gasteiger partial charge on any atom is -0.351 e. The number of carbonyl (C=O) groups excluding carboxylic acids is 1. The number of nitrogens with one attached hydrogen (secondary N) is 1. The number of carbonyl (C=O) groups is 1. The Morgan fingerprint density at radius 1 is 1.29 bits per heavy atom. The summed E-state index contributed by atoms with van der Waals surface area (Å²) in [4.78, 5) is 14.6. The van der Waals surface area contributed by atoms with Gasteiger partial charge in [0.2, 0.25) is 5.91 Å². The average molecular weight is 235 g/mol. The Kier molecular flexibility index (Phi) is 2.92. The van der Waals surface area contributed by atoms with E-state index in [1.54, 1.807) is 0 Å². The van der Waals surface area contributed by atoms with Gasteiger partial charge < -0.3 is 11.1 Å². The third-order valence-electron chi connectivity index (χ3n) is 4.39. The number of nitrogens with two attached hydrogens (primary N) is 1. The van der Waals surface area contributed by atoms with E-state index >= 15 is 0 Å². The molecule has 2 heterocycles. The summed E-state index contributed by atoms with van der Waals surface area (Å²) >= 11 is 0. The normalized spacial score (nSPS) is 40.8. The topological polar surface area (TPSA) is 58.4 Å². The lowest BCUT2D eigenvalue weighted by Crippen LogP contribution is -2.44. The quantitative estimate of drug-likeness (QED) is 0.674. The van der Waals surface area contributed by atoms with Crippen molar-refractivity contribution in [1.29, 1.82) is 0 Å². The molecule has 0 spiro atoms. The Labute approximate surface area is 102 Å². The first-order valence-electron chi connectivity index (χ1n) is 6.72. The third kappa shape index (κ3) is 2.11. The van der Waals surface area contributed by atoms with E-state index in [1.165, 1.54) is 19.4 Å². The van der Waals surface area contributed by atoms with Gasteiger partial charge in [-0.25, -0.2) is 0 Å². The van der Waals surface area contributed by atoms with Crippen molar-refractivity contribution in [2.24, 2.45) is 11.7 Å². The monoisotopic (exact) mass is 235 g/mol. The number of fused-ring (bicyclic) bond motifs is 1. The molecule has 4 nitrogen and oxygen atoms in total. The van der Waals surface area contributed by atoms with Gasteiger partial charge in [0, 0.05) is 24.7 Å². The van der Waals surface area contributed by atoms with Crippen molar-refractivity contribution in [3.63, 3.8) is 0 Å². The Morgan fingerprint density at radius 3 is 2.94 bits per heavy atom. The summed E-state index contributed by atoms with van der Waals surface area (Å²) in [6, 6.07) is 1.03. The molecule has 0 saturated carbocycles. The van der Waals surface area contributed by atoms with Gasteiger partial charge >= 0.3 is 0 Å². The summed E-state index contributed by atoms with van der Waals surface area (Å²) in [5, 5.41) is 3.23. The summed E-state index contributed by atoms with van der Waals surface area (Å²) in [6.45, 7) is 2.36. The molecule has 1 aliphatic carbocycles. The summed E-state index contributed by atoms with van der Waals surface area (Å²) in [5.41, 5.74) is 5.78. The van der Waals surface area contributed by atoms with Gasteiger partial charge in [0.15, 0.2) is 0 Å². The van der Waals surface area contributed by atoms with Crippen molar-refractivity contribution < 1.29 is 4.79 Å². The fourth-order valence-electron chi connectivity index (χ4n) is 3.46. The maximum Gasteiger partial charge on any atom is 0.227 e. The van der Waals surface area contributed by atoms with Crippen LogP contribution in [0.2, 0.25) is 0 Å². The molecule has 2 aliphatic heterocycles. The molecule has 0 aromatic heterocycles. The van der Waals surface area contributed by atoms with E-state index in [-0.39, 0.29) is 17.9 Å². The number of hydrogen-bond donors (Lipinski definition) is 2. The van der Waals surface area contributed by atoms with Gasteiger partial charge in [0.05, 0.1) is 5.92 Å². The zero-order valence-corrected chi connectivity index (χ0v) is 10.1. The second kappa shape index (κ2) is 4.42. The van der Waals surface area contributed by atoms with Crippen LogP contribution in [-0.2, 0) is 4.79 Å². The van der Waals surface area contributed by atoms with E-state index in [0.29, 0.717) is 12.1 Å². The molecule has 4 atom stereocenters. The van der Waals surface area contributed by atoms with Crippen molar-refractivity contribution in [3.8, 4) is 0 Å². The molecule has 94 valence electrons. The first-order valence-corrected chi connectivity index (χ1v) is 6.72. The second-order valence-electron chi connectivity index (χ2n) is 5.54. The largest absolute Gasteiger partial charge is 0.351 e. The zero-order chi connectivity index (χ0) is 11.8. The molecule has 2 fully saturated rings. The molecule has 3 aliphatic rings. The molecule has 4 unspecified atom stereocenters. The maximum absolute atomic E-state index is 12.1. The minimum atomic E-state index is 0.000420. The van der Waals surface area contributed by atoms with E-state index in [9.17, 15) is 4.79 Å². The van der Waals surface area contributed by atoms with Crippen LogP contribution in [0.25, 0.3) is 0 Å². The van der Waals surface area contributed by atoms with Crippen LogP contribution in [0, 0.1) is 5.92 Å². The van der Waals surface area contributed by atoms with Gasteiger partial charge in [-0.3, -0.25) is 9.69 Å². The van der Waals surface area contributed by atoms with Crippen molar-refractivity contribution in [1.82, 2.24) is 10.2 Å². The Morgan fingerprint density at radius 2 is 2.18 bits per heavy atom. The molecule has 2 saturated heterocycles. The lowest BCUT2D eigenvalue weighted by atomic mass is 10.0. The Hall–Kier alpha value is -0.870.